The number of aliphatic hydroxyl groups is 8. The lowest BCUT2D eigenvalue weighted by Crippen LogP contribution is -2.64. The molecule has 2 fully saturated rings. The van der Waals surface area contributed by atoms with Gasteiger partial charge in [-0.3, -0.25) is 0 Å². The summed E-state index contributed by atoms with van der Waals surface area (Å²) in [5.41, 5.74) is 0. The quantitative estimate of drug-likeness (QED) is 0.243. The first kappa shape index (κ1) is 18.9. The van der Waals surface area contributed by atoms with Gasteiger partial charge < -0.3 is 55.1 Å². The number of aliphatic hydroxyl groups excluding tert-OH is 8. The molecule has 136 valence electrons. The highest BCUT2D eigenvalue weighted by molar-refractivity contribution is 4.93. The van der Waals surface area contributed by atoms with E-state index in [4.69, 9.17) is 19.3 Å². The molecule has 0 aliphatic carbocycles. The third-order valence-electron chi connectivity index (χ3n) is 3.98. The zero-order valence-corrected chi connectivity index (χ0v) is 12.0. The molecule has 2 aliphatic heterocycles. The van der Waals surface area contributed by atoms with E-state index in [1.807, 2.05) is 0 Å². The number of hydrogen-bond donors (Lipinski definition) is 8. The van der Waals surface area contributed by atoms with Crippen LogP contribution in [0.5, 0.6) is 0 Å². The van der Waals surface area contributed by atoms with E-state index < -0.39 is 74.6 Å². The van der Waals surface area contributed by atoms with Crippen molar-refractivity contribution < 1.29 is 55.1 Å². The van der Waals surface area contributed by atoms with Gasteiger partial charge in [0.15, 0.2) is 12.6 Å². The molecule has 0 bridgehead atoms. The minimum absolute atomic E-state index is 0.667. The van der Waals surface area contributed by atoms with Crippen LogP contribution in [-0.4, -0.2) is 115 Å². The van der Waals surface area contributed by atoms with Crippen LogP contribution in [0.1, 0.15) is 0 Å². The van der Waals surface area contributed by atoms with Crippen molar-refractivity contribution in [3.8, 4) is 0 Å². The zero-order valence-electron chi connectivity index (χ0n) is 12.0. The Balaban J connectivity index is 2.11. The van der Waals surface area contributed by atoms with Crippen LogP contribution < -0.4 is 0 Å². The van der Waals surface area contributed by atoms with Crippen molar-refractivity contribution in [2.24, 2.45) is 0 Å². The Labute approximate surface area is 130 Å². The van der Waals surface area contributed by atoms with Crippen molar-refractivity contribution in [3.05, 3.63) is 0 Å². The van der Waals surface area contributed by atoms with Gasteiger partial charge in [0.2, 0.25) is 0 Å². The molecule has 0 aromatic heterocycles. The van der Waals surface area contributed by atoms with Crippen LogP contribution in [0, 0.1) is 0 Å². The first-order valence-corrected chi connectivity index (χ1v) is 7.08. The Morgan fingerprint density at radius 1 is 0.652 bits per heavy atom. The summed E-state index contributed by atoms with van der Waals surface area (Å²) in [6, 6.07) is 0. The molecule has 0 amide bonds. The molecule has 2 aliphatic rings. The SMILES string of the molecule is OC[C@H]1OC(OC2C(O)C(O)C(O)O[C@@H]2CO)C(O)C(O)C1O. The Hall–Kier alpha value is -0.440. The highest BCUT2D eigenvalue weighted by Crippen LogP contribution is 2.28. The Morgan fingerprint density at radius 2 is 1.26 bits per heavy atom. The van der Waals surface area contributed by atoms with Gasteiger partial charge in [0.25, 0.3) is 0 Å². The fraction of sp³-hybridized carbons (Fsp3) is 1.00. The summed E-state index contributed by atoms with van der Waals surface area (Å²) in [7, 11) is 0. The lowest BCUT2D eigenvalue weighted by molar-refractivity contribution is -0.355. The number of rotatable bonds is 4. The number of ether oxygens (including phenoxy) is 3. The topological polar surface area (TPSA) is 190 Å². The summed E-state index contributed by atoms with van der Waals surface area (Å²) in [4.78, 5) is 0. The molecular weight excluding hydrogens is 320 g/mol. The van der Waals surface area contributed by atoms with Crippen molar-refractivity contribution >= 4 is 0 Å². The Bertz CT molecular complexity index is 378. The van der Waals surface area contributed by atoms with Gasteiger partial charge in [0.1, 0.15) is 48.8 Å². The smallest absolute Gasteiger partial charge is 0.187 e. The molecule has 0 radical (unpaired) electrons. The lowest BCUT2D eigenvalue weighted by atomic mass is 9.97. The zero-order chi connectivity index (χ0) is 17.3. The van der Waals surface area contributed by atoms with Crippen LogP contribution in [0.3, 0.4) is 0 Å². The third-order valence-corrected chi connectivity index (χ3v) is 3.98. The van der Waals surface area contributed by atoms with E-state index >= 15 is 0 Å². The van der Waals surface area contributed by atoms with E-state index in [9.17, 15) is 35.7 Å². The highest BCUT2D eigenvalue weighted by Gasteiger charge is 2.50. The molecule has 8 unspecified atom stereocenters. The van der Waals surface area contributed by atoms with Crippen molar-refractivity contribution in [2.75, 3.05) is 13.2 Å². The average molecular weight is 342 g/mol. The molecule has 0 aromatic carbocycles. The predicted molar refractivity (Wildman–Crippen MR) is 68.6 cm³/mol. The summed E-state index contributed by atoms with van der Waals surface area (Å²) in [5.74, 6) is 0. The van der Waals surface area contributed by atoms with Gasteiger partial charge in [-0.25, -0.2) is 0 Å². The van der Waals surface area contributed by atoms with Crippen molar-refractivity contribution in [1.82, 2.24) is 0 Å². The third kappa shape index (κ3) is 3.65. The molecule has 2 rings (SSSR count). The fourth-order valence-corrected chi connectivity index (χ4v) is 2.57. The van der Waals surface area contributed by atoms with E-state index in [0.717, 1.165) is 0 Å². The van der Waals surface area contributed by atoms with Gasteiger partial charge in [-0.05, 0) is 0 Å². The molecule has 0 aromatic rings. The maximum atomic E-state index is 9.94. The highest BCUT2D eigenvalue weighted by atomic mass is 16.7. The summed E-state index contributed by atoms with van der Waals surface area (Å²) < 4.78 is 15.3. The first-order chi connectivity index (χ1) is 10.8. The van der Waals surface area contributed by atoms with Crippen molar-refractivity contribution in [1.29, 1.82) is 0 Å². The van der Waals surface area contributed by atoms with Crippen LogP contribution in [0.25, 0.3) is 0 Å². The van der Waals surface area contributed by atoms with Crippen LogP contribution in [0.4, 0.5) is 0 Å². The molecule has 2 heterocycles. The Morgan fingerprint density at radius 3 is 1.83 bits per heavy atom. The Kier molecular flexibility index (Phi) is 6.27. The van der Waals surface area contributed by atoms with Crippen LogP contribution in [0.2, 0.25) is 0 Å². The summed E-state index contributed by atoms with van der Waals surface area (Å²) >= 11 is 0. The van der Waals surface area contributed by atoms with E-state index in [1.54, 1.807) is 0 Å². The molecule has 0 spiro atoms. The normalized spacial score (nSPS) is 51.7. The van der Waals surface area contributed by atoms with Crippen molar-refractivity contribution in [3.63, 3.8) is 0 Å². The van der Waals surface area contributed by atoms with Crippen LogP contribution in [-0.2, 0) is 14.2 Å². The van der Waals surface area contributed by atoms with E-state index in [-0.39, 0.29) is 0 Å². The van der Waals surface area contributed by atoms with Crippen LogP contribution in [0.15, 0.2) is 0 Å². The first-order valence-electron chi connectivity index (χ1n) is 7.08. The predicted octanol–water partition coefficient (Wildman–Crippen LogP) is -5.40. The summed E-state index contributed by atoms with van der Waals surface area (Å²) in [6.45, 7) is -1.35. The van der Waals surface area contributed by atoms with Crippen molar-refractivity contribution in [2.45, 2.75) is 61.4 Å². The average Bonchev–Trinajstić information content (AvgIpc) is 2.55. The van der Waals surface area contributed by atoms with Crippen LogP contribution >= 0.6 is 0 Å². The second-order valence-corrected chi connectivity index (χ2v) is 5.53. The fourth-order valence-electron chi connectivity index (χ4n) is 2.57. The molecular formula is C12H22O11. The summed E-state index contributed by atoms with van der Waals surface area (Å²) in [6.07, 6.45) is -15.6. The second-order valence-electron chi connectivity index (χ2n) is 5.53. The van der Waals surface area contributed by atoms with Gasteiger partial charge in [0.05, 0.1) is 13.2 Å². The second kappa shape index (κ2) is 7.63. The maximum absolute atomic E-state index is 9.94. The number of hydrogen-bond acceptors (Lipinski definition) is 11. The minimum atomic E-state index is -1.74. The van der Waals surface area contributed by atoms with E-state index in [0.29, 0.717) is 0 Å². The van der Waals surface area contributed by atoms with E-state index in [1.165, 1.54) is 0 Å². The molecule has 11 heteroatoms. The largest absolute Gasteiger partial charge is 0.394 e. The maximum Gasteiger partial charge on any atom is 0.187 e. The minimum Gasteiger partial charge on any atom is -0.394 e. The molecule has 23 heavy (non-hydrogen) atoms. The van der Waals surface area contributed by atoms with Gasteiger partial charge in [-0.1, -0.05) is 0 Å². The standard InChI is InChI=1S/C12H22O11/c13-1-3-5(15)6(16)9(19)12(22-3)23-10-4(2-14)21-11(20)8(18)7(10)17/h3-20H,1-2H2/t3-,4-,5?,6?,7?,8?,9?,10?,11?,12?/m1/s1. The van der Waals surface area contributed by atoms with Gasteiger partial charge in [0, 0.05) is 0 Å². The van der Waals surface area contributed by atoms with Gasteiger partial charge in [-0.15, -0.1) is 0 Å². The van der Waals surface area contributed by atoms with Gasteiger partial charge in [-0.2, -0.15) is 0 Å². The van der Waals surface area contributed by atoms with Gasteiger partial charge >= 0.3 is 0 Å². The molecule has 2 saturated heterocycles. The lowest BCUT2D eigenvalue weighted by Gasteiger charge is -2.45. The molecule has 0 saturated carbocycles. The monoisotopic (exact) mass is 342 g/mol. The molecule has 10 atom stereocenters. The van der Waals surface area contributed by atoms with E-state index in [2.05, 4.69) is 0 Å². The molecule has 11 nitrogen and oxygen atoms in total. The summed E-state index contributed by atoms with van der Waals surface area (Å²) in [5, 5.41) is 76.5. The molecule has 8 N–H and O–H groups in total.